The average Bonchev–Trinajstić information content (AvgIpc) is 3.02. The molecule has 0 aliphatic carbocycles. The summed E-state index contributed by atoms with van der Waals surface area (Å²) in [6.45, 7) is 18.3. The van der Waals surface area contributed by atoms with Crippen LogP contribution < -0.4 is 15.7 Å². The zero-order chi connectivity index (χ0) is 22.7. The first kappa shape index (κ1) is 22.3. The Balaban J connectivity index is 1.40. The van der Waals surface area contributed by atoms with Gasteiger partial charge >= 0.3 is 14.2 Å². The molecule has 162 valence electrons. The van der Waals surface area contributed by atoms with Gasteiger partial charge in [-0.25, -0.2) is 0 Å². The Bertz CT molecular complexity index is 826. The third-order valence-corrected chi connectivity index (χ3v) is 6.84. The molecular formula is C24H31B2O5+. The van der Waals surface area contributed by atoms with Crippen molar-refractivity contribution < 1.29 is 23.4 Å². The van der Waals surface area contributed by atoms with Gasteiger partial charge in [-0.1, -0.05) is 24.3 Å². The van der Waals surface area contributed by atoms with E-state index in [0.29, 0.717) is 0 Å². The van der Waals surface area contributed by atoms with Crippen molar-refractivity contribution in [3.8, 4) is 11.5 Å². The van der Waals surface area contributed by atoms with Crippen LogP contribution in [0.5, 0.6) is 11.5 Å². The first-order valence-electron chi connectivity index (χ1n) is 10.7. The summed E-state index contributed by atoms with van der Waals surface area (Å²) in [5.74, 6) is 1.48. The predicted octanol–water partition coefficient (Wildman–Crippen LogP) is 3.89. The molecule has 31 heavy (non-hydrogen) atoms. The summed E-state index contributed by atoms with van der Waals surface area (Å²) in [6, 6.07) is 15.5. The molecule has 2 aliphatic heterocycles. The molecule has 1 atom stereocenters. The van der Waals surface area contributed by atoms with Gasteiger partial charge in [-0.2, -0.15) is 0 Å². The lowest BCUT2D eigenvalue weighted by atomic mass is 9.79. The molecule has 2 heterocycles. The molecule has 0 saturated carbocycles. The highest BCUT2D eigenvalue weighted by Crippen LogP contribution is 2.37. The minimum Gasteiger partial charge on any atom is -0.457 e. The molecule has 7 heteroatoms. The van der Waals surface area contributed by atoms with Crippen LogP contribution in [-0.4, -0.2) is 36.6 Å². The van der Waals surface area contributed by atoms with Crippen molar-refractivity contribution in [3.05, 3.63) is 55.5 Å². The van der Waals surface area contributed by atoms with Gasteiger partial charge in [0, 0.05) is 6.92 Å². The summed E-state index contributed by atoms with van der Waals surface area (Å²) >= 11 is 0. The highest BCUT2D eigenvalue weighted by atomic mass is 16.7. The second-order valence-corrected chi connectivity index (χ2v) is 10.1. The van der Waals surface area contributed by atoms with Crippen LogP contribution in [0.2, 0.25) is 0 Å². The lowest BCUT2D eigenvalue weighted by Gasteiger charge is -2.32. The van der Waals surface area contributed by atoms with Crippen LogP contribution >= 0.6 is 0 Å². The topological polar surface area (TPSA) is 46.2 Å². The molecule has 0 N–H and O–H groups in total. The highest BCUT2D eigenvalue weighted by Gasteiger charge is 2.57. The molecule has 0 amide bonds. The predicted molar refractivity (Wildman–Crippen MR) is 124 cm³/mol. The van der Waals surface area contributed by atoms with Gasteiger partial charge in [0.15, 0.2) is 0 Å². The van der Waals surface area contributed by atoms with Crippen molar-refractivity contribution >= 4 is 25.2 Å². The zero-order valence-electron chi connectivity index (χ0n) is 19.5. The minimum atomic E-state index is -0.605. The molecule has 0 spiro atoms. The first-order valence-corrected chi connectivity index (χ1v) is 10.7. The van der Waals surface area contributed by atoms with E-state index in [0.717, 1.165) is 22.4 Å². The van der Waals surface area contributed by atoms with Gasteiger partial charge in [0.2, 0.25) is 5.60 Å². The Morgan fingerprint density at radius 1 is 0.581 bits per heavy atom. The van der Waals surface area contributed by atoms with E-state index in [1.54, 1.807) is 0 Å². The molecule has 2 aromatic carbocycles. The Morgan fingerprint density at radius 3 is 1.29 bits per heavy atom. The minimum absolute atomic E-state index is 0.359. The maximum Gasteiger partial charge on any atom is 0.497 e. The number of benzene rings is 2. The fourth-order valence-corrected chi connectivity index (χ4v) is 3.43. The van der Waals surface area contributed by atoms with E-state index in [1.165, 1.54) is 0 Å². The summed E-state index contributed by atoms with van der Waals surface area (Å²) in [6.07, 6.45) is 0. The van der Waals surface area contributed by atoms with Gasteiger partial charge in [-0.05, 0) is 76.7 Å². The van der Waals surface area contributed by atoms with Crippen LogP contribution in [0.4, 0.5) is 0 Å². The number of rotatable bonds is 4. The van der Waals surface area contributed by atoms with Crippen LogP contribution in [0.25, 0.3) is 0 Å². The van der Waals surface area contributed by atoms with Gasteiger partial charge in [-0.3, -0.25) is 0 Å². The second kappa shape index (κ2) is 7.31. The fourth-order valence-electron chi connectivity index (χ4n) is 3.43. The summed E-state index contributed by atoms with van der Waals surface area (Å²) < 4.78 is 30.3. The lowest BCUT2D eigenvalue weighted by Crippen LogP contribution is -2.42. The number of hydrogen-bond donors (Lipinski definition) is 0. The van der Waals surface area contributed by atoms with Gasteiger partial charge in [0.1, 0.15) is 17.1 Å². The molecule has 0 radical (unpaired) electrons. The van der Waals surface area contributed by atoms with Crippen LogP contribution in [0.15, 0.2) is 48.5 Å². The zero-order valence-corrected chi connectivity index (χ0v) is 19.5. The Kier molecular flexibility index (Phi) is 5.25. The summed E-state index contributed by atoms with van der Waals surface area (Å²) in [7, 11) is -0.821. The lowest BCUT2D eigenvalue weighted by molar-refractivity contribution is 0.00578. The van der Waals surface area contributed by atoms with Crippen molar-refractivity contribution in [1.82, 2.24) is 0 Å². The third-order valence-electron chi connectivity index (χ3n) is 6.84. The van der Waals surface area contributed by atoms with E-state index in [2.05, 4.69) is 6.92 Å². The average molecular weight is 421 g/mol. The van der Waals surface area contributed by atoms with Gasteiger partial charge < -0.3 is 23.4 Å². The summed E-state index contributed by atoms with van der Waals surface area (Å²) in [5, 5.41) is 0. The molecule has 5 nitrogen and oxygen atoms in total. The summed E-state index contributed by atoms with van der Waals surface area (Å²) in [5.41, 5.74) is 0.112. The fraction of sp³-hybridized carbons (Fsp3) is 0.458. The smallest absolute Gasteiger partial charge is 0.457 e. The van der Waals surface area contributed by atoms with Crippen LogP contribution in [-0.2, 0) is 18.6 Å². The van der Waals surface area contributed by atoms with Gasteiger partial charge in [-0.15, -0.1) is 0 Å². The molecule has 1 unspecified atom stereocenters. The second-order valence-electron chi connectivity index (χ2n) is 10.1. The molecular weight excluding hydrogens is 390 g/mol. The van der Waals surface area contributed by atoms with E-state index in [4.69, 9.17) is 23.4 Å². The molecule has 2 saturated heterocycles. The summed E-state index contributed by atoms with van der Waals surface area (Å²) in [4.78, 5) is 0. The SMILES string of the molecule is [CH2+]C1(C)OB(c2ccc(Oc3ccc(B4OC(C)(C)C(C)(C)O4)cc3)cc2)OC1(C)C. The quantitative estimate of drug-likeness (QED) is 0.554. The standard InChI is InChI=1S/C24H31B2O5/c1-21(2)22(3,4)29-25(28-21)17-9-13-19(14-10-17)27-20-15-11-18(12-16-20)26-30-23(5,6)24(7,8)31-26/h9-16H,1H2,2-8H3/q+1. The normalized spacial score (nSPS) is 26.3. The number of ether oxygens (including phenoxy) is 1. The van der Waals surface area contributed by atoms with Crippen LogP contribution in [0, 0.1) is 6.92 Å². The Morgan fingerprint density at radius 2 is 0.935 bits per heavy atom. The van der Waals surface area contributed by atoms with Crippen molar-refractivity contribution in [2.75, 3.05) is 0 Å². The van der Waals surface area contributed by atoms with E-state index < -0.39 is 18.3 Å². The molecule has 2 aliphatic rings. The van der Waals surface area contributed by atoms with Crippen molar-refractivity contribution in [1.29, 1.82) is 0 Å². The molecule has 2 fully saturated rings. The molecule has 0 bridgehead atoms. The Hall–Kier alpha value is -1.92. The highest BCUT2D eigenvalue weighted by molar-refractivity contribution is 6.62. The first-order chi connectivity index (χ1) is 14.3. The van der Waals surface area contributed by atoms with Gasteiger partial charge in [0.25, 0.3) is 0 Å². The molecule has 2 aromatic rings. The largest absolute Gasteiger partial charge is 0.497 e. The van der Waals surface area contributed by atoms with Crippen molar-refractivity contribution in [2.45, 2.75) is 70.9 Å². The van der Waals surface area contributed by atoms with Gasteiger partial charge in [0.05, 0.1) is 18.1 Å². The maximum absolute atomic E-state index is 6.11. The van der Waals surface area contributed by atoms with Crippen molar-refractivity contribution in [3.63, 3.8) is 0 Å². The van der Waals surface area contributed by atoms with Crippen molar-refractivity contribution in [2.24, 2.45) is 0 Å². The van der Waals surface area contributed by atoms with Crippen LogP contribution in [0.1, 0.15) is 48.5 Å². The maximum atomic E-state index is 6.11. The Labute approximate surface area is 186 Å². The van der Waals surface area contributed by atoms with E-state index in [-0.39, 0.29) is 18.3 Å². The monoisotopic (exact) mass is 421 g/mol. The van der Waals surface area contributed by atoms with Crippen LogP contribution in [0.3, 0.4) is 0 Å². The molecule has 0 aromatic heterocycles. The van der Waals surface area contributed by atoms with E-state index >= 15 is 0 Å². The number of hydrogen-bond acceptors (Lipinski definition) is 5. The van der Waals surface area contributed by atoms with E-state index in [1.807, 2.05) is 97.0 Å². The third kappa shape index (κ3) is 4.12. The van der Waals surface area contributed by atoms with E-state index in [9.17, 15) is 0 Å². The molecule has 4 rings (SSSR count).